The number of hydrogen-bond acceptors (Lipinski definition) is 3. The summed E-state index contributed by atoms with van der Waals surface area (Å²) in [7, 11) is 0. The molecule has 0 N–H and O–H groups in total. The van der Waals surface area contributed by atoms with Crippen molar-refractivity contribution in [2.75, 3.05) is 0 Å². The molecular formula is C17H18N2O3. The molecule has 0 aromatic heterocycles. The molecule has 5 nitrogen and oxygen atoms in total. The van der Waals surface area contributed by atoms with Crippen LogP contribution in [0.3, 0.4) is 0 Å². The minimum absolute atomic E-state index is 0.0298. The van der Waals surface area contributed by atoms with Crippen LogP contribution >= 0.6 is 0 Å². The molecule has 1 aliphatic rings. The molecule has 0 bridgehead atoms. The fraction of sp³-hybridized carbons (Fsp3) is 0.235. The van der Waals surface area contributed by atoms with Gasteiger partial charge in [-0.3, -0.25) is 14.9 Å². The Kier molecular flexibility index (Phi) is 4.56. The minimum Gasteiger partial charge on any atom is -0.327 e. The summed E-state index contributed by atoms with van der Waals surface area (Å²) < 4.78 is 0. The molecule has 1 aromatic carbocycles. The van der Waals surface area contributed by atoms with Crippen LogP contribution in [0.15, 0.2) is 60.2 Å². The minimum atomic E-state index is -0.421. The van der Waals surface area contributed by atoms with Gasteiger partial charge in [0.15, 0.2) is 0 Å². The monoisotopic (exact) mass is 298 g/mol. The van der Waals surface area contributed by atoms with Gasteiger partial charge in [0, 0.05) is 17.2 Å². The highest BCUT2D eigenvalue weighted by Crippen LogP contribution is 2.30. The molecule has 1 heterocycles. The second-order valence-electron chi connectivity index (χ2n) is 5.07. The van der Waals surface area contributed by atoms with E-state index < -0.39 is 4.92 Å². The second-order valence-corrected chi connectivity index (χ2v) is 5.07. The lowest BCUT2D eigenvalue weighted by atomic mass is 10.1. The van der Waals surface area contributed by atoms with Gasteiger partial charge in [0.2, 0.25) is 0 Å². The standard InChI is InChI=1S/C17H18N2O3/c1-4-8-15-14(5-2)12(3)18(17(15)20)11-13-9-6-7-10-16(13)19(21)22/h4-10,12H,2,11H2,1,3H3/b8-4-. The van der Waals surface area contributed by atoms with Gasteiger partial charge < -0.3 is 4.90 Å². The lowest BCUT2D eigenvalue weighted by Crippen LogP contribution is -2.33. The lowest BCUT2D eigenvalue weighted by Gasteiger charge is -2.23. The average molecular weight is 298 g/mol. The summed E-state index contributed by atoms with van der Waals surface area (Å²) >= 11 is 0. The zero-order chi connectivity index (χ0) is 16.3. The molecular weight excluding hydrogens is 280 g/mol. The first-order valence-electron chi connectivity index (χ1n) is 7.03. The predicted molar refractivity (Wildman–Crippen MR) is 85.1 cm³/mol. The number of rotatable bonds is 5. The molecule has 5 heteroatoms. The second kappa shape index (κ2) is 6.39. The van der Waals surface area contributed by atoms with Crippen LogP contribution in [0, 0.1) is 10.1 Å². The van der Waals surface area contributed by atoms with Gasteiger partial charge in [0.25, 0.3) is 11.6 Å². The van der Waals surface area contributed by atoms with Crippen LogP contribution in [-0.4, -0.2) is 21.8 Å². The molecule has 22 heavy (non-hydrogen) atoms. The van der Waals surface area contributed by atoms with E-state index in [1.165, 1.54) is 6.07 Å². The number of carbonyl (C=O) groups is 1. The predicted octanol–water partition coefficient (Wildman–Crippen LogP) is 3.38. The maximum Gasteiger partial charge on any atom is 0.274 e. The molecule has 0 fully saturated rings. The van der Waals surface area contributed by atoms with Gasteiger partial charge in [-0.15, -0.1) is 0 Å². The fourth-order valence-corrected chi connectivity index (χ4v) is 2.68. The van der Waals surface area contributed by atoms with Crippen molar-refractivity contribution < 1.29 is 9.72 Å². The van der Waals surface area contributed by atoms with Crippen LogP contribution in [0.25, 0.3) is 0 Å². The van der Waals surface area contributed by atoms with E-state index >= 15 is 0 Å². The summed E-state index contributed by atoms with van der Waals surface area (Å²) in [5, 5.41) is 11.1. The van der Waals surface area contributed by atoms with Gasteiger partial charge >= 0.3 is 0 Å². The van der Waals surface area contributed by atoms with Crippen LogP contribution in [0.4, 0.5) is 5.69 Å². The molecule has 114 valence electrons. The maximum absolute atomic E-state index is 12.6. The lowest BCUT2D eigenvalue weighted by molar-refractivity contribution is -0.385. The van der Waals surface area contributed by atoms with E-state index in [-0.39, 0.29) is 24.2 Å². The molecule has 0 saturated carbocycles. The zero-order valence-electron chi connectivity index (χ0n) is 12.7. The van der Waals surface area contributed by atoms with E-state index in [4.69, 9.17) is 0 Å². The number of allylic oxidation sites excluding steroid dienone is 1. The number of para-hydroxylation sites is 1. The van der Waals surface area contributed by atoms with Crippen molar-refractivity contribution >= 4 is 11.6 Å². The van der Waals surface area contributed by atoms with Crippen molar-refractivity contribution in [1.29, 1.82) is 0 Å². The molecule has 0 aliphatic carbocycles. The molecule has 0 saturated heterocycles. The molecule has 1 amide bonds. The molecule has 1 atom stereocenters. The van der Waals surface area contributed by atoms with Crippen molar-refractivity contribution in [3.63, 3.8) is 0 Å². The van der Waals surface area contributed by atoms with E-state index in [1.54, 1.807) is 41.3 Å². The smallest absolute Gasteiger partial charge is 0.274 e. The highest BCUT2D eigenvalue weighted by atomic mass is 16.6. The summed E-state index contributed by atoms with van der Waals surface area (Å²) in [6.45, 7) is 7.72. The number of nitro groups is 1. The number of carbonyl (C=O) groups excluding carboxylic acids is 1. The first-order valence-corrected chi connectivity index (χ1v) is 7.03. The Morgan fingerprint density at radius 3 is 2.68 bits per heavy atom. The number of amides is 1. The van der Waals surface area contributed by atoms with Gasteiger partial charge in [-0.25, -0.2) is 0 Å². The zero-order valence-corrected chi connectivity index (χ0v) is 12.7. The number of benzene rings is 1. The normalized spacial score (nSPS) is 18.4. The van der Waals surface area contributed by atoms with E-state index in [1.807, 2.05) is 13.8 Å². The van der Waals surface area contributed by atoms with Gasteiger partial charge in [0.1, 0.15) is 0 Å². The van der Waals surface area contributed by atoms with Crippen LogP contribution in [0.5, 0.6) is 0 Å². The summed E-state index contributed by atoms with van der Waals surface area (Å²) in [5.74, 6) is -0.126. The van der Waals surface area contributed by atoms with Crippen LogP contribution in [-0.2, 0) is 11.3 Å². The Labute approximate surface area is 129 Å². The Hall–Kier alpha value is -2.69. The quantitative estimate of drug-likeness (QED) is 0.618. The van der Waals surface area contributed by atoms with Gasteiger partial charge in [0.05, 0.1) is 17.5 Å². The molecule has 0 radical (unpaired) electrons. The Balaban J connectivity index is 2.35. The van der Waals surface area contributed by atoms with Crippen molar-refractivity contribution in [1.82, 2.24) is 4.90 Å². The number of nitrogens with zero attached hydrogens (tertiary/aromatic N) is 2. The summed E-state index contributed by atoms with van der Waals surface area (Å²) in [6, 6.07) is 6.34. The third-order valence-electron chi connectivity index (χ3n) is 3.80. The molecule has 1 aromatic rings. The number of nitro benzene ring substituents is 1. The van der Waals surface area contributed by atoms with Gasteiger partial charge in [-0.05, 0) is 19.4 Å². The van der Waals surface area contributed by atoms with E-state index in [9.17, 15) is 14.9 Å². The van der Waals surface area contributed by atoms with E-state index in [0.29, 0.717) is 11.1 Å². The van der Waals surface area contributed by atoms with Gasteiger partial charge in [-0.2, -0.15) is 0 Å². The Morgan fingerprint density at radius 1 is 1.41 bits per heavy atom. The summed E-state index contributed by atoms with van der Waals surface area (Å²) in [4.78, 5) is 24.9. The van der Waals surface area contributed by atoms with E-state index in [0.717, 1.165) is 5.57 Å². The molecule has 2 rings (SSSR count). The third-order valence-corrected chi connectivity index (χ3v) is 3.80. The van der Waals surface area contributed by atoms with Crippen molar-refractivity contribution in [2.24, 2.45) is 0 Å². The van der Waals surface area contributed by atoms with Crippen LogP contribution in [0.1, 0.15) is 19.4 Å². The van der Waals surface area contributed by atoms with Crippen LogP contribution in [0.2, 0.25) is 0 Å². The van der Waals surface area contributed by atoms with Crippen molar-refractivity contribution in [3.05, 3.63) is 75.9 Å². The van der Waals surface area contributed by atoms with Crippen molar-refractivity contribution in [2.45, 2.75) is 26.4 Å². The fourth-order valence-electron chi connectivity index (χ4n) is 2.68. The molecule has 1 aliphatic heterocycles. The molecule has 1 unspecified atom stereocenters. The number of hydrogen-bond donors (Lipinski definition) is 0. The summed E-state index contributed by atoms with van der Waals surface area (Å²) in [6.07, 6.45) is 5.24. The third kappa shape index (κ3) is 2.70. The topological polar surface area (TPSA) is 63.5 Å². The summed E-state index contributed by atoms with van der Waals surface area (Å²) in [5.41, 5.74) is 2.00. The largest absolute Gasteiger partial charge is 0.327 e. The SMILES string of the molecule is C=CC1=C(/C=C\C)C(=O)N(Cc2ccccc2[N+](=O)[O-])C1C. The van der Waals surface area contributed by atoms with Crippen LogP contribution < -0.4 is 0 Å². The Morgan fingerprint density at radius 2 is 2.09 bits per heavy atom. The maximum atomic E-state index is 12.6. The highest BCUT2D eigenvalue weighted by molar-refractivity contribution is 6.01. The first kappa shape index (κ1) is 15.7. The Bertz CT molecular complexity index is 689. The van der Waals surface area contributed by atoms with Crippen molar-refractivity contribution in [3.8, 4) is 0 Å². The first-order chi connectivity index (χ1) is 10.5. The van der Waals surface area contributed by atoms with E-state index in [2.05, 4.69) is 6.58 Å². The average Bonchev–Trinajstić information content (AvgIpc) is 2.72. The molecule has 0 spiro atoms. The highest BCUT2D eigenvalue weighted by Gasteiger charge is 2.34. The van der Waals surface area contributed by atoms with Gasteiger partial charge in [-0.1, -0.05) is 43.0 Å².